The third kappa shape index (κ3) is 4.76. The second kappa shape index (κ2) is 8.91. The van der Waals surface area contributed by atoms with E-state index in [-0.39, 0.29) is 22.8 Å². The molecule has 11 heteroatoms. The van der Waals surface area contributed by atoms with Gasteiger partial charge in [0.05, 0.1) is 4.90 Å². The molecule has 2 saturated heterocycles. The average molecular weight is 453 g/mol. The molecule has 2 amide bonds. The van der Waals surface area contributed by atoms with Gasteiger partial charge in [0.15, 0.2) is 0 Å². The lowest BCUT2D eigenvalue weighted by Crippen LogP contribution is -2.47. The van der Waals surface area contributed by atoms with Crippen molar-refractivity contribution in [2.45, 2.75) is 30.1 Å². The topological polar surface area (TPSA) is 111 Å². The Morgan fingerprint density at radius 3 is 2.50 bits per heavy atom. The molecule has 30 heavy (non-hydrogen) atoms. The second-order valence-electron chi connectivity index (χ2n) is 7.82. The maximum atomic E-state index is 12.8. The molecule has 2 aliphatic rings. The normalized spacial score (nSPS) is 20.6. The summed E-state index contributed by atoms with van der Waals surface area (Å²) >= 11 is 5.82. The highest BCUT2D eigenvalue weighted by molar-refractivity contribution is 7.89. The van der Waals surface area contributed by atoms with Gasteiger partial charge in [-0.1, -0.05) is 11.6 Å². The zero-order valence-electron chi connectivity index (χ0n) is 16.5. The molecule has 1 aromatic heterocycles. The Labute approximate surface area is 180 Å². The Kier molecular flexibility index (Phi) is 6.26. The molecule has 0 saturated carbocycles. The molecule has 9 nitrogen and oxygen atoms in total. The number of nitrogens with zero attached hydrogens (tertiary/aromatic N) is 4. The predicted molar refractivity (Wildman–Crippen MR) is 112 cm³/mol. The van der Waals surface area contributed by atoms with Gasteiger partial charge in [0.2, 0.25) is 10.0 Å². The molecule has 0 spiro atoms. The number of benzene rings is 1. The number of urea groups is 1. The van der Waals surface area contributed by atoms with Crippen LogP contribution in [0.3, 0.4) is 0 Å². The first-order valence-corrected chi connectivity index (χ1v) is 11.9. The number of aromatic amines is 1. The summed E-state index contributed by atoms with van der Waals surface area (Å²) < 4.78 is 27.5. The van der Waals surface area contributed by atoms with Crippen LogP contribution in [0.1, 0.15) is 31.0 Å². The number of amides is 2. The lowest BCUT2D eigenvalue weighted by molar-refractivity contribution is 0.140. The van der Waals surface area contributed by atoms with E-state index in [9.17, 15) is 13.2 Å². The smallest absolute Gasteiger partial charge is 0.320 e. The number of hydrogen-bond donors (Lipinski definition) is 2. The average Bonchev–Trinajstić information content (AvgIpc) is 3.44. The molecular formula is C19H25ClN6O3S. The van der Waals surface area contributed by atoms with Crippen molar-refractivity contribution >= 4 is 27.7 Å². The number of rotatable bonds is 5. The zero-order valence-corrected chi connectivity index (χ0v) is 18.1. The van der Waals surface area contributed by atoms with Crippen molar-refractivity contribution in [3.63, 3.8) is 0 Å². The van der Waals surface area contributed by atoms with E-state index in [1.807, 2.05) is 9.80 Å². The van der Waals surface area contributed by atoms with Crippen molar-refractivity contribution in [2.75, 3.05) is 32.7 Å². The Hall–Kier alpha value is -2.17. The summed E-state index contributed by atoms with van der Waals surface area (Å²) in [5.41, 5.74) is 0. The molecule has 4 rings (SSSR count). The highest BCUT2D eigenvalue weighted by Crippen LogP contribution is 2.26. The predicted octanol–water partition coefficient (Wildman–Crippen LogP) is 2.06. The molecule has 2 fully saturated rings. The summed E-state index contributed by atoms with van der Waals surface area (Å²) in [5.74, 6) is 1.24. The van der Waals surface area contributed by atoms with E-state index in [2.05, 4.69) is 19.9 Å². The molecule has 1 atom stereocenters. The van der Waals surface area contributed by atoms with Crippen molar-refractivity contribution in [1.29, 1.82) is 0 Å². The molecule has 3 heterocycles. The lowest BCUT2D eigenvalue weighted by Gasteiger charge is -2.34. The van der Waals surface area contributed by atoms with Gasteiger partial charge in [-0.3, -0.25) is 5.10 Å². The van der Waals surface area contributed by atoms with E-state index in [1.165, 1.54) is 18.5 Å². The van der Waals surface area contributed by atoms with Gasteiger partial charge in [0.1, 0.15) is 12.2 Å². The molecule has 0 radical (unpaired) electrons. The number of aromatic nitrogens is 3. The van der Waals surface area contributed by atoms with Crippen LogP contribution in [-0.4, -0.2) is 72.2 Å². The van der Waals surface area contributed by atoms with Crippen molar-refractivity contribution in [1.82, 2.24) is 29.7 Å². The molecule has 0 aliphatic carbocycles. The van der Waals surface area contributed by atoms with Crippen LogP contribution in [0, 0.1) is 5.92 Å². The van der Waals surface area contributed by atoms with Crippen LogP contribution < -0.4 is 4.72 Å². The first-order valence-electron chi connectivity index (χ1n) is 10.1. The van der Waals surface area contributed by atoms with E-state index in [1.54, 1.807) is 12.1 Å². The summed E-state index contributed by atoms with van der Waals surface area (Å²) in [6.07, 6.45) is 3.91. The number of piperidine rings is 1. The van der Waals surface area contributed by atoms with Gasteiger partial charge >= 0.3 is 6.03 Å². The molecular weight excluding hydrogens is 428 g/mol. The largest absolute Gasteiger partial charge is 0.325 e. The number of sulfonamides is 1. The van der Waals surface area contributed by atoms with Crippen LogP contribution in [0.2, 0.25) is 5.02 Å². The van der Waals surface area contributed by atoms with Gasteiger partial charge in [-0.15, -0.1) is 0 Å². The fourth-order valence-corrected chi connectivity index (χ4v) is 5.26. The SMILES string of the molecule is O=C(N1CCC(CNS(=O)(=O)c2ccc(Cl)cc2)CC1)N1CC[C@H](c2ncn[nH]2)C1. The van der Waals surface area contributed by atoms with E-state index in [0.29, 0.717) is 37.7 Å². The third-order valence-corrected chi connectivity index (χ3v) is 7.54. The van der Waals surface area contributed by atoms with E-state index < -0.39 is 10.0 Å². The Morgan fingerprint density at radius 1 is 1.13 bits per heavy atom. The summed E-state index contributed by atoms with van der Waals surface area (Å²) in [6.45, 7) is 3.00. The molecule has 2 N–H and O–H groups in total. The van der Waals surface area contributed by atoms with Crippen molar-refractivity contribution < 1.29 is 13.2 Å². The summed E-state index contributed by atoms with van der Waals surface area (Å²) in [5, 5.41) is 7.27. The van der Waals surface area contributed by atoms with Gasteiger partial charge in [-0.25, -0.2) is 22.9 Å². The summed E-state index contributed by atoms with van der Waals surface area (Å²) in [7, 11) is -3.56. The van der Waals surface area contributed by atoms with E-state index in [0.717, 1.165) is 25.1 Å². The Morgan fingerprint density at radius 2 is 1.83 bits per heavy atom. The molecule has 2 aliphatic heterocycles. The van der Waals surface area contributed by atoms with Crippen molar-refractivity contribution in [3.8, 4) is 0 Å². The summed E-state index contributed by atoms with van der Waals surface area (Å²) in [6, 6.07) is 6.16. The minimum absolute atomic E-state index is 0.0530. The van der Waals surface area contributed by atoms with Gasteiger partial charge < -0.3 is 9.80 Å². The van der Waals surface area contributed by atoms with Gasteiger partial charge in [-0.05, 0) is 49.4 Å². The maximum Gasteiger partial charge on any atom is 0.320 e. The lowest BCUT2D eigenvalue weighted by atomic mass is 9.97. The van der Waals surface area contributed by atoms with Crippen molar-refractivity contribution in [2.24, 2.45) is 5.92 Å². The van der Waals surface area contributed by atoms with E-state index in [4.69, 9.17) is 11.6 Å². The fraction of sp³-hybridized carbons (Fsp3) is 0.526. The number of carbonyl (C=O) groups excluding carboxylic acids is 1. The highest BCUT2D eigenvalue weighted by Gasteiger charge is 2.33. The van der Waals surface area contributed by atoms with Crippen LogP contribution in [0.15, 0.2) is 35.5 Å². The third-order valence-electron chi connectivity index (χ3n) is 5.85. The van der Waals surface area contributed by atoms with Crippen molar-refractivity contribution in [3.05, 3.63) is 41.4 Å². The molecule has 0 bridgehead atoms. The Balaban J connectivity index is 1.24. The second-order valence-corrected chi connectivity index (χ2v) is 10.0. The Bertz CT molecular complexity index is 959. The number of carbonyl (C=O) groups is 1. The first kappa shape index (κ1) is 21.1. The minimum atomic E-state index is -3.56. The number of likely N-dealkylation sites (tertiary alicyclic amines) is 2. The standard InChI is InChI=1S/C19H25ClN6O3S/c20-16-1-3-17(4-2-16)30(28,29)23-11-14-5-8-25(9-6-14)19(27)26-10-7-15(12-26)18-21-13-22-24-18/h1-4,13-15,23H,5-12H2,(H,21,22,24)/t15-/m0/s1. The number of H-pyrrole nitrogens is 1. The molecule has 2 aromatic rings. The minimum Gasteiger partial charge on any atom is -0.325 e. The first-order chi connectivity index (χ1) is 14.4. The van der Waals surface area contributed by atoms with Crippen LogP contribution in [0.25, 0.3) is 0 Å². The zero-order chi connectivity index (χ0) is 21.1. The number of halogens is 1. The van der Waals surface area contributed by atoms with Crippen LogP contribution in [-0.2, 0) is 10.0 Å². The number of nitrogens with one attached hydrogen (secondary N) is 2. The number of hydrogen-bond acceptors (Lipinski definition) is 5. The van der Waals surface area contributed by atoms with E-state index >= 15 is 0 Å². The van der Waals surface area contributed by atoms with Gasteiger partial charge in [0, 0.05) is 43.7 Å². The summed E-state index contributed by atoms with van der Waals surface area (Å²) in [4.78, 5) is 21.0. The molecule has 162 valence electrons. The molecule has 0 unspecified atom stereocenters. The van der Waals surface area contributed by atoms with Crippen LogP contribution >= 0.6 is 11.6 Å². The van der Waals surface area contributed by atoms with Crippen LogP contribution in [0.5, 0.6) is 0 Å². The highest BCUT2D eigenvalue weighted by atomic mass is 35.5. The van der Waals surface area contributed by atoms with Crippen LogP contribution in [0.4, 0.5) is 4.79 Å². The monoisotopic (exact) mass is 452 g/mol. The maximum absolute atomic E-state index is 12.8. The van der Waals surface area contributed by atoms with Gasteiger partial charge in [-0.2, -0.15) is 5.10 Å². The fourth-order valence-electron chi connectivity index (χ4n) is 4.02. The quantitative estimate of drug-likeness (QED) is 0.721. The molecule has 1 aromatic carbocycles. The van der Waals surface area contributed by atoms with Gasteiger partial charge in [0.25, 0.3) is 0 Å².